The summed E-state index contributed by atoms with van der Waals surface area (Å²) in [5.41, 5.74) is 0.245. The Labute approximate surface area is 116 Å². The number of ketones is 1. The van der Waals surface area contributed by atoms with Crippen molar-refractivity contribution in [1.29, 1.82) is 0 Å². The molecule has 0 spiro atoms. The Balaban J connectivity index is 2.15. The van der Waals surface area contributed by atoms with Crippen molar-refractivity contribution in [2.24, 2.45) is 5.92 Å². The first kappa shape index (κ1) is 13.7. The number of carbonyl (C=O) groups excluding carboxylic acids is 1. The van der Waals surface area contributed by atoms with Crippen LogP contribution in [0.5, 0.6) is 0 Å². The van der Waals surface area contributed by atoms with Gasteiger partial charge in [-0.2, -0.15) is 0 Å². The second-order valence-corrected chi connectivity index (χ2v) is 5.95. The highest BCUT2D eigenvalue weighted by atomic mass is 79.9. The quantitative estimate of drug-likeness (QED) is 0.692. The van der Waals surface area contributed by atoms with Gasteiger partial charge >= 0.3 is 0 Å². The van der Waals surface area contributed by atoms with E-state index in [1.807, 2.05) is 0 Å². The van der Waals surface area contributed by atoms with E-state index >= 15 is 0 Å². The molecule has 0 aromatic heterocycles. The van der Waals surface area contributed by atoms with E-state index in [9.17, 15) is 9.18 Å². The number of rotatable bonds is 2. The summed E-state index contributed by atoms with van der Waals surface area (Å²) in [6.45, 7) is 0. The van der Waals surface area contributed by atoms with E-state index in [4.69, 9.17) is 0 Å². The lowest BCUT2D eigenvalue weighted by Crippen LogP contribution is -2.17. The maximum absolute atomic E-state index is 13.7. The minimum Gasteiger partial charge on any atom is -0.294 e. The second-order valence-electron chi connectivity index (χ2n) is 5.03. The van der Waals surface area contributed by atoms with Crippen molar-refractivity contribution in [1.82, 2.24) is 0 Å². The van der Waals surface area contributed by atoms with Crippen molar-refractivity contribution in [2.45, 2.75) is 44.9 Å². The molecule has 1 saturated carbocycles. The van der Waals surface area contributed by atoms with Gasteiger partial charge in [-0.15, -0.1) is 0 Å². The summed E-state index contributed by atoms with van der Waals surface area (Å²) in [6.07, 6.45) is 7.66. The summed E-state index contributed by atoms with van der Waals surface area (Å²) in [5.74, 6) is -0.407. The Morgan fingerprint density at radius 2 is 1.72 bits per heavy atom. The van der Waals surface area contributed by atoms with Gasteiger partial charge in [-0.05, 0) is 31.0 Å². The van der Waals surface area contributed by atoms with Crippen LogP contribution in [0.3, 0.4) is 0 Å². The normalized spacial score (nSPS) is 18.1. The van der Waals surface area contributed by atoms with Gasteiger partial charge in [0, 0.05) is 10.4 Å². The lowest BCUT2D eigenvalue weighted by Gasteiger charge is -2.18. The van der Waals surface area contributed by atoms with Crippen LogP contribution < -0.4 is 0 Å². The van der Waals surface area contributed by atoms with Crippen LogP contribution in [0, 0.1) is 11.7 Å². The van der Waals surface area contributed by atoms with Crippen LogP contribution in [0.25, 0.3) is 0 Å². The Hall–Kier alpha value is -0.700. The number of hydrogen-bond acceptors (Lipinski definition) is 1. The van der Waals surface area contributed by atoms with Gasteiger partial charge in [0.1, 0.15) is 5.82 Å². The van der Waals surface area contributed by atoms with Gasteiger partial charge in [-0.1, -0.05) is 48.0 Å². The van der Waals surface area contributed by atoms with E-state index in [0.29, 0.717) is 0 Å². The molecule has 1 aromatic rings. The van der Waals surface area contributed by atoms with Crippen LogP contribution in [0.2, 0.25) is 0 Å². The van der Waals surface area contributed by atoms with Crippen molar-refractivity contribution in [2.75, 3.05) is 0 Å². The van der Waals surface area contributed by atoms with E-state index < -0.39 is 5.82 Å². The maximum Gasteiger partial charge on any atom is 0.168 e. The smallest absolute Gasteiger partial charge is 0.168 e. The molecule has 0 radical (unpaired) electrons. The largest absolute Gasteiger partial charge is 0.294 e. The molecule has 0 N–H and O–H groups in total. The van der Waals surface area contributed by atoms with Gasteiger partial charge in [0.15, 0.2) is 5.78 Å². The summed E-state index contributed by atoms with van der Waals surface area (Å²) in [5, 5.41) is 0. The zero-order chi connectivity index (χ0) is 13.0. The zero-order valence-corrected chi connectivity index (χ0v) is 12.0. The first-order valence-electron chi connectivity index (χ1n) is 6.68. The Kier molecular flexibility index (Phi) is 4.93. The molecule has 0 aliphatic heterocycles. The fraction of sp³-hybridized carbons (Fsp3) is 0.533. The molecule has 3 heteroatoms. The minimum absolute atomic E-state index is 0.00843. The van der Waals surface area contributed by atoms with Gasteiger partial charge in [-0.25, -0.2) is 4.39 Å². The number of benzene rings is 1. The highest BCUT2D eigenvalue weighted by molar-refractivity contribution is 9.10. The monoisotopic (exact) mass is 312 g/mol. The van der Waals surface area contributed by atoms with Crippen LogP contribution >= 0.6 is 15.9 Å². The molecule has 0 heterocycles. The number of Topliss-reactive ketones (excluding diaryl/α,β-unsaturated/α-hetero) is 1. The summed E-state index contributed by atoms with van der Waals surface area (Å²) in [7, 11) is 0. The fourth-order valence-electron chi connectivity index (χ4n) is 2.62. The number of carbonyl (C=O) groups is 1. The molecule has 1 aromatic carbocycles. The third-order valence-electron chi connectivity index (χ3n) is 3.67. The molecule has 1 fully saturated rings. The highest BCUT2D eigenvalue weighted by Crippen LogP contribution is 2.27. The van der Waals surface area contributed by atoms with Gasteiger partial charge in [-0.3, -0.25) is 4.79 Å². The third-order valence-corrected chi connectivity index (χ3v) is 4.16. The van der Waals surface area contributed by atoms with Crippen molar-refractivity contribution in [3.8, 4) is 0 Å². The molecule has 18 heavy (non-hydrogen) atoms. The topological polar surface area (TPSA) is 17.1 Å². The van der Waals surface area contributed by atoms with E-state index in [2.05, 4.69) is 15.9 Å². The fourth-order valence-corrected chi connectivity index (χ4v) is 2.99. The molecule has 1 aliphatic rings. The van der Waals surface area contributed by atoms with Gasteiger partial charge in [0.25, 0.3) is 0 Å². The Morgan fingerprint density at radius 1 is 1.11 bits per heavy atom. The average molecular weight is 313 g/mol. The van der Waals surface area contributed by atoms with Gasteiger partial charge in [0.05, 0.1) is 5.56 Å². The lowest BCUT2D eigenvalue weighted by atomic mass is 9.85. The lowest BCUT2D eigenvalue weighted by molar-refractivity contribution is 0.0894. The summed E-state index contributed by atoms with van der Waals surface area (Å²) >= 11 is 3.30. The predicted octanol–water partition coefficient (Wildman–Crippen LogP) is 5.13. The Morgan fingerprint density at radius 3 is 2.39 bits per heavy atom. The van der Waals surface area contributed by atoms with Crippen molar-refractivity contribution in [3.05, 3.63) is 34.1 Å². The minimum atomic E-state index is -0.398. The van der Waals surface area contributed by atoms with E-state index in [-0.39, 0.29) is 17.3 Å². The van der Waals surface area contributed by atoms with E-state index in [1.165, 1.54) is 25.3 Å². The first-order valence-corrected chi connectivity index (χ1v) is 7.47. The molecular formula is C15H18BrFO. The highest BCUT2D eigenvalue weighted by Gasteiger charge is 2.23. The Bertz CT molecular complexity index is 423. The van der Waals surface area contributed by atoms with E-state index in [0.717, 1.165) is 30.2 Å². The van der Waals surface area contributed by atoms with Crippen LogP contribution in [0.15, 0.2) is 22.7 Å². The zero-order valence-electron chi connectivity index (χ0n) is 10.4. The van der Waals surface area contributed by atoms with Crippen LogP contribution in [-0.2, 0) is 0 Å². The molecule has 0 amide bonds. The molecule has 1 aliphatic carbocycles. The molecule has 1 nitrogen and oxygen atoms in total. The summed E-state index contributed by atoms with van der Waals surface area (Å²) in [6, 6.07) is 4.60. The summed E-state index contributed by atoms with van der Waals surface area (Å²) in [4.78, 5) is 12.4. The maximum atomic E-state index is 13.7. The molecular weight excluding hydrogens is 295 g/mol. The van der Waals surface area contributed by atoms with Crippen molar-refractivity contribution >= 4 is 21.7 Å². The summed E-state index contributed by atoms with van der Waals surface area (Å²) < 4.78 is 14.5. The van der Waals surface area contributed by atoms with Gasteiger partial charge in [0.2, 0.25) is 0 Å². The standard InChI is InChI=1S/C15H18BrFO/c16-12-8-9-14(17)13(10-12)15(18)11-6-4-2-1-3-5-7-11/h8-11H,1-7H2. The van der Waals surface area contributed by atoms with Gasteiger partial charge < -0.3 is 0 Å². The van der Waals surface area contributed by atoms with Crippen LogP contribution in [-0.4, -0.2) is 5.78 Å². The van der Waals surface area contributed by atoms with Crippen LogP contribution in [0.1, 0.15) is 55.3 Å². The van der Waals surface area contributed by atoms with Crippen LogP contribution in [0.4, 0.5) is 4.39 Å². The van der Waals surface area contributed by atoms with E-state index in [1.54, 1.807) is 12.1 Å². The SMILES string of the molecule is O=C(c1cc(Br)ccc1F)C1CCCCCCC1. The van der Waals surface area contributed by atoms with Crippen molar-refractivity contribution in [3.63, 3.8) is 0 Å². The third kappa shape index (κ3) is 3.41. The molecule has 0 bridgehead atoms. The van der Waals surface area contributed by atoms with Crippen molar-refractivity contribution < 1.29 is 9.18 Å². The number of hydrogen-bond donors (Lipinski definition) is 0. The molecule has 2 rings (SSSR count). The predicted molar refractivity (Wildman–Crippen MR) is 74.2 cm³/mol. The first-order chi connectivity index (χ1) is 8.68. The molecule has 98 valence electrons. The molecule has 0 atom stereocenters. The average Bonchev–Trinajstić information content (AvgIpc) is 2.31. The second kappa shape index (κ2) is 6.46. The molecule has 0 saturated heterocycles. The number of halogens is 2. The molecule has 0 unspecified atom stereocenters.